The van der Waals surface area contributed by atoms with Crippen LogP contribution in [0.25, 0.3) is 0 Å². The highest BCUT2D eigenvalue weighted by Crippen LogP contribution is 2.35. The first-order valence-electron chi connectivity index (χ1n) is 13.0. The van der Waals surface area contributed by atoms with Crippen LogP contribution in [0.4, 0.5) is 19.0 Å². The third-order valence-electron chi connectivity index (χ3n) is 6.83. The number of ether oxygens (including phenoxy) is 1. The Balaban J connectivity index is 1.24. The molecule has 42 heavy (non-hydrogen) atoms. The topological polar surface area (TPSA) is 136 Å². The van der Waals surface area contributed by atoms with Crippen LogP contribution in [-0.4, -0.2) is 59.8 Å². The number of aromatic nitrogens is 4. The molecule has 0 aliphatic carbocycles. The molecular weight excluding hydrogens is 553 g/mol. The number of carbonyl (C=O) groups excluding carboxylic acids is 1. The van der Waals surface area contributed by atoms with Crippen molar-refractivity contribution in [1.82, 2.24) is 24.6 Å². The minimum Gasteiger partial charge on any atom is -0.491 e. The average Bonchev–Trinajstić information content (AvgIpc) is 3.51. The fourth-order valence-electron chi connectivity index (χ4n) is 4.92. The number of halogens is 3. The van der Waals surface area contributed by atoms with Crippen LogP contribution in [-0.2, 0) is 19.3 Å². The molecule has 3 aliphatic rings. The zero-order chi connectivity index (χ0) is 29.6. The van der Waals surface area contributed by atoms with Crippen LogP contribution >= 0.6 is 0 Å². The molecular formula is C27H26F3N10O2+. The summed E-state index contributed by atoms with van der Waals surface area (Å²) in [6.45, 7) is 4.14. The van der Waals surface area contributed by atoms with Gasteiger partial charge in [0.05, 0.1) is 30.6 Å². The number of aliphatic imine (C=N–C) groups is 2. The highest BCUT2D eigenvalue weighted by Gasteiger charge is 2.47. The molecule has 6 rings (SSSR count). The van der Waals surface area contributed by atoms with E-state index in [2.05, 4.69) is 25.5 Å². The quantitative estimate of drug-likeness (QED) is 0.337. The fourth-order valence-corrected chi connectivity index (χ4v) is 4.92. The largest absolute Gasteiger partial charge is 0.491 e. The zero-order valence-corrected chi connectivity index (χ0v) is 22.6. The number of hydrogen-bond acceptors (Lipinski definition) is 9. The smallest absolute Gasteiger partial charge is 0.451 e. The van der Waals surface area contributed by atoms with Crippen LogP contribution < -0.4 is 15.9 Å². The predicted molar refractivity (Wildman–Crippen MR) is 145 cm³/mol. The Bertz CT molecular complexity index is 1670. The summed E-state index contributed by atoms with van der Waals surface area (Å²) in [5.41, 5.74) is 1.58. The van der Waals surface area contributed by atoms with Crippen LogP contribution in [0.5, 0.6) is 5.75 Å². The average molecular weight is 580 g/mol. The second kappa shape index (κ2) is 10.2. The molecule has 1 unspecified atom stereocenters. The number of quaternary nitrogens is 1. The number of rotatable bonds is 6. The number of allylic oxidation sites excluding steroid dienone is 1. The van der Waals surface area contributed by atoms with Crippen molar-refractivity contribution in [2.45, 2.75) is 39.2 Å². The van der Waals surface area contributed by atoms with Gasteiger partial charge in [0.25, 0.3) is 11.7 Å². The summed E-state index contributed by atoms with van der Waals surface area (Å²) in [6, 6.07) is 10.1. The Morgan fingerprint density at radius 1 is 1.14 bits per heavy atom. The number of fused-ring (bicyclic) bond motifs is 2. The van der Waals surface area contributed by atoms with Crippen LogP contribution in [0.2, 0.25) is 0 Å². The van der Waals surface area contributed by atoms with E-state index in [1.165, 1.54) is 0 Å². The van der Waals surface area contributed by atoms with Crippen molar-refractivity contribution < 1.29 is 27.3 Å². The Labute approximate surface area is 237 Å². The number of alkyl halides is 3. The van der Waals surface area contributed by atoms with Gasteiger partial charge in [0, 0.05) is 30.9 Å². The molecule has 0 fully saturated rings. The first kappa shape index (κ1) is 27.3. The van der Waals surface area contributed by atoms with E-state index >= 15 is 0 Å². The van der Waals surface area contributed by atoms with Gasteiger partial charge in [0.2, 0.25) is 17.3 Å². The maximum Gasteiger partial charge on any atom is 0.451 e. The molecule has 3 aliphatic heterocycles. The lowest BCUT2D eigenvalue weighted by Crippen LogP contribution is -2.53. The highest BCUT2D eigenvalue weighted by molar-refractivity contribution is 6.05. The molecule has 2 aromatic heterocycles. The van der Waals surface area contributed by atoms with Gasteiger partial charge in [0.15, 0.2) is 5.82 Å². The second-order valence-electron chi connectivity index (χ2n) is 10.1. The van der Waals surface area contributed by atoms with Gasteiger partial charge < -0.3 is 19.5 Å². The summed E-state index contributed by atoms with van der Waals surface area (Å²) in [4.78, 5) is 27.9. The maximum atomic E-state index is 13.3. The third kappa shape index (κ3) is 4.92. The normalized spacial score (nSPS) is 19.6. The van der Waals surface area contributed by atoms with Gasteiger partial charge in [0.1, 0.15) is 17.8 Å². The molecule has 3 aromatic rings. The summed E-state index contributed by atoms with van der Waals surface area (Å²) < 4.78 is 46.4. The summed E-state index contributed by atoms with van der Waals surface area (Å²) in [5, 5.41) is 9.88. The lowest BCUT2D eigenvalue weighted by Gasteiger charge is -2.30. The number of pyridine rings is 1. The van der Waals surface area contributed by atoms with Crippen LogP contribution in [0.1, 0.15) is 41.4 Å². The van der Waals surface area contributed by atoms with E-state index in [0.29, 0.717) is 40.0 Å². The molecule has 0 radical (unpaired) electrons. The number of nitrogens with one attached hydrogen (secondary N) is 1. The lowest BCUT2D eigenvalue weighted by molar-refractivity contribution is -0.750. The maximum absolute atomic E-state index is 13.3. The number of amidine groups is 1. The van der Waals surface area contributed by atoms with Gasteiger partial charge in [-0.2, -0.15) is 24.0 Å². The Kier molecular flexibility index (Phi) is 6.62. The first-order chi connectivity index (χ1) is 20.0. The van der Waals surface area contributed by atoms with Crippen LogP contribution in [0.3, 0.4) is 0 Å². The summed E-state index contributed by atoms with van der Waals surface area (Å²) in [7, 11) is 0. The first-order valence-corrected chi connectivity index (χ1v) is 13.0. The number of nitrogens with two attached hydrogens (primary N) is 1. The van der Waals surface area contributed by atoms with Crippen LogP contribution in [0.15, 0.2) is 76.5 Å². The van der Waals surface area contributed by atoms with Crippen molar-refractivity contribution in [2.24, 2.45) is 15.8 Å². The van der Waals surface area contributed by atoms with E-state index in [0.717, 1.165) is 4.57 Å². The van der Waals surface area contributed by atoms with Gasteiger partial charge in [-0.15, -0.1) is 14.8 Å². The summed E-state index contributed by atoms with van der Waals surface area (Å²) in [5.74, 6) is 7.47. The lowest BCUT2D eigenvalue weighted by atomic mass is 10.1. The molecule has 1 aromatic carbocycles. The van der Waals surface area contributed by atoms with E-state index in [1.807, 2.05) is 18.7 Å². The molecule has 12 nitrogen and oxygen atoms in total. The molecule has 0 saturated heterocycles. The predicted octanol–water partition coefficient (Wildman–Crippen LogP) is 3.42. The van der Waals surface area contributed by atoms with Gasteiger partial charge >= 0.3 is 6.18 Å². The molecule has 0 saturated carbocycles. The minimum absolute atomic E-state index is 0.0237. The number of hydrogen-bond donors (Lipinski definition) is 2. The number of carbonyl (C=O) groups is 1. The SMILES string of the molecule is CC(C)Oc1ccnc(NC(=O)c2ccc(C3=NC(N4CCn5c(nnc5C(F)(F)F)C4)=C4C=NC=C[N+]34N)cc2)c1. The third-order valence-corrected chi connectivity index (χ3v) is 6.83. The fraction of sp³-hybridized carbons (Fsp3) is 0.259. The number of nitrogens with zero attached hydrogens (tertiary/aromatic N) is 8. The molecule has 0 spiro atoms. The van der Waals surface area contributed by atoms with Crippen molar-refractivity contribution in [3.8, 4) is 5.75 Å². The standard InChI is InChI=1S/C27H25F3N10O2/c1-16(2)42-19-7-8-33-21(13-19)34-25(41)18-5-3-17(4-6-18)24-35-23(20-14-32-9-12-40(20,24)31)38-10-11-39-22(15-38)36-37-26(39)27(28,29)30/h3-9,12-14,16H,10-11,15,31H2,1-2H3/p+1. The molecule has 216 valence electrons. The highest BCUT2D eigenvalue weighted by atomic mass is 19.4. The van der Waals surface area contributed by atoms with E-state index in [-0.39, 0.29) is 42.1 Å². The number of amides is 1. The molecule has 15 heteroatoms. The molecule has 5 heterocycles. The van der Waals surface area contributed by atoms with Gasteiger partial charge in [-0.05, 0) is 44.2 Å². The number of benzene rings is 1. The molecule has 3 N–H and O–H groups in total. The van der Waals surface area contributed by atoms with Crippen molar-refractivity contribution in [2.75, 3.05) is 11.9 Å². The number of anilines is 1. The van der Waals surface area contributed by atoms with Gasteiger partial charge in [-0.3, -0.25) is 9.79 Å². The zero-order valence-electron chi connectivity index (χ0n) is 22.6. The van der Waals surface area contributed by atoms with Crippen molar-refractivity contribution in [3.05, 3.63) is 89.3 Å². The van der Waals surface area contributed by atoms with E-state index in [4.69, 9.17) is 15.6 Å². The van der Waals surface area contributed by atoms with Crippen molar-refractivity contribution in [1.29, 1.82) is 0 Å². The van der Waals surface area contributed by atoms with E-state index in [9.17, 15) is 18.0 Å². The van der Waals surface area contributed by atoms with Crippen LogP contribution in [0, 0.1) is 0 Å². The Morgan fingerprint density at radius 3 is 2.67 bits per heavy atom. The Morgan fingerprint density at radius 2 is 1.93 bits per heavy atom. The van der Waals surface area contributed by atoms with Crippen molar-refractivity contribution in [3.63, 3.8) is 0 Å². The summed E-state index contributed by atoms with van der Waals surface area (Å²) in [6.07, 6.45) is 1.73. The molecule has 1 amide bonds. The van der Waals surface area contributed by atoms with Gasteiger partial charge in [-0.1, -0.05) is 0 Å². The Hall–Kier alpha value is -4.89. The second-order valence-corrected chi connectivity index (χ2v) is 10.1. The minimum atomic E-state index is -4.59. The van der Waals surface area contributed by atoms with Gasteiger partial charge in [-0.25, -0.2) is 4.98 Å². The monoisotopic (exact) mass is 579 g/mol. The van der Waals surface area contributed by atoms with E-state index < -0.39 is 12.0 Å². The molecule has 0 bridgehead atoms. The van der Waals surface area contributed by atoms with E-state index in [1.54, 1.807) is 61.2 Å². The summed E-state index contributed by atoms with van der Waals surface area (Å²) >= 11 is 0. The van der Waals surface area contributed by atoms with Crippen molar-refractivity contribution >= 4 is 23.8 Å². The molecule has 1 atom stereocenters.